The second kappa shape index (κ2) is 10.7. The van der Waals surface area contributed by atoms with Gasteiger partial charge in [0, 0.05) is 25.3 Å². The molecular formula is C27H33ClN4O3. The molecule has 0 saturated carbocycles. The lowest BCUT2D eigenvalue weighted by molar-refractivity contribution is -0.137. The van der Waals surface area contributed by atoms with Gasteiger partial charge < -0.3 is 20.0 Å². The summed E-state index contributed by atoms with van der Waals surface area (Å²) in [5.41, 5.74) is 0.631. The number of nitrogens with one attached hydrogen (secondary N) is 1. The summed E-state index contributed by atoms with van der Waals surface area (Å²) in [5, 5.41) is 3.38. The number of carbonyl (C=O) groups excluding carboxylic acids is 3. The summed E-state index contributed by atoms with van der Waals surface area (Å²) in [4.78, 5) is 45.0. The van der Waals surface area contributed by atoms with Crippen LogP contribution in [0.5, 0.6) is 0 Å². The summed E-state index contributed by atoms with van der Waals surface area (Å²) in [6.45, 7) is 6.03. The van der Waals surface area contributed by atoms with Gasteiger partial charge in [0.2, 0.25) is 5.91 Å². The van der Waals surface area contributed by atoms with E-state index in [2.05, 4.69) is 24.1 Å². The van der Waals surface area contributed by atoms with Gasteiger partial charge in [-0.3, -0.25) is 14.4 Å². The molecule has 1 spiro atoms. The Morgan fingerprint density at radius 1 is 1.06 bits per heavy atom. The number of carbonyl (C=O) groups is 3. The maximum atomic E-state index is 13.8. The zero-order valence-electron chi connectivity index (χ0n) is 20.4. The molecule has 3 amide bonds. The smallest absolute Gasteiger partial charge is 0.255 e. The lowest BCUT2D eigenvalue weighted by atomic mass is 9.85. The number of halogens is 1. The van der Waals surface area contributed by atoms with Crippen LogP contribution in [-0.2, 0) is 9.59 Å². The third-order valence-corrected chi connectivity index (χ3v) is 7.57. The molecule has 7 nitrogen and oxygen atoms in total. The fourth-order valence-corrected chi connectivity index (χ4v) is 5.09. The molecule has 2 aromatic carbocycles. The summed E-state index contributed by atoms with van der Waals surface area (Å²) in [7, 11) is 0. The highest BCUT2D eigenvalue weighted by atomic mass is 35.5. The molecule has 0 bridgehead atoms. The van der Waals surface area contributed by atoms with Crippen molar-refractivity contribution in [3.8, 4) is 0 Å². The Kier molecular flexibility index (Phi) is 7.65. The van der Waals surface area contributed by atoms with Crippen LogP contribution < -0.4 is 10.2 Å². The summed E-state index contributed by atoms with van der Waals surface area (Å²) < 4.78 is 0. The van der Waals surface area contributed by atoms with Crippen LogP contribution in [0.2, 0.25) is 5.02 Å². The van der Waals surface area contributed by atoms with Gasteiger partial charge in [-0.1, -0.05) is 62.2 Å². The van der Waals surface area contributed by atoms with Gasteiger partial charge in [0.1, 0.15) is 12.1 Å². The summed E-state index contributed by atoms with van der Waals surface area (Å²) in [6.07, 6.45) is 1.96. The first-order valence-electron chi connectivity index (χ1n) is 12.3. The topological polar surface area (TPSA) is 73.0 Å². The molecular weight excluding hydrogens is 464 g/mol. The van der Waals surface area contributed by atoms with Crippen LogP contribution in [0, 0.1) is 5.92 Å². The van der Waals surface area contributed by atoms with Gasteiger partial charge in [-0.2, -0.15) is 0 Å². The van der Waals surface area contributed by atoms with Crippen LogP contribution in [0.3, 0.4) is 0 Å². The van der Waals surface area contributed by atoms with Crippen molar-refractivity contribution in [3.63, 3.8) is 0 Å². The molecule has 1 N–H and O–H groups in total. The number of rotatable bonds is 7. The van der Waals surface area contributed by atoms with Gasteiger partial charge >= 0.3 is 0 Å². The highest BCUT2D eigenvalue weighted by Gasteiger charge is 2.54. The second-order valence-electron chi connectivity index (χ2n) is 9.53. The molecule has 2 fully saturated rings. The first-order valence-corrected chi connectivity index (χ1v) is 12.7. The number of benzene rings is 2. The fourth-order valence-electron chi connectivity index (χ4n) is 4.87. The Morgan fingerprint density at radius 2 is 1.71 bits per heavy atom. The first-order chi connectivity index (χ1) is 16.9. The molecule has 8 heteroatoms. The molecule has 0 aliphatic carbocycles. The number of para-hydroxylation sites is 1. The van der Waals surface area contributed by atoms with Gasteiger partial charge in [-0.05, 0) is 43.0 Å². The number of anilines is 1. The zero-order chi connectivity index (χ0) is 25.0. The van der Waals surface area contributed by atoms with Crippen LogP contribution >= 0.6 is 11.6 Å². The maximum Gasteiger partial charge on any atom is 0.255 e. The molecule has 2 aliphatic rings. The molecule has 186 valence electrons. The van der Waals surface area contributed by atoms with E-state index in [1.807, 2.05) is 30.3 Å². The van der Waals surface area contributed by atoms with Crippen LogP contribution in [0.15, 0.2) is 54.6 Å². The number of amides is 3. The molecule has 0 radical (unpaired) electrons. The molecule has 1 unspecified atom stereocenters. The minimum Gasteiger partial charge on any atom is -0.354 e. The van der Waals surface area contributed by atoms with E-state index < -0.39 is 5.54 Å². The molecule has 1 atom stereocenters. The molecule has 2 aliphatic heterocycles. The van der Waals surface area contributed by atoms with Crippen molar-refractivity contribution in [1.82, 2.24) is 15.1 Å². The largest absolute Gasteiger partial charge is 0.354 e. The van der Waals surface area contributed by atoms with Crippen LogP contribution in [-0.4, -0.2) is 65.9 Å². The second-order valence-corrected chi connectivity index (χ2v) is 9.94. The third-order valence-electron chi connectivity index (χ3n) is 7.24. The quantitative estimate of drug-likeness (QED) is 0.633. The van der Waals surface area contributed by atoms with Gasteiger partial charge in [0.15, 0.2) is 0 Å². The van der Waals surface area contributed by atoms with Crippen molar-refractivity contribution >= 4 is 35.0 Å². The van der Waals surface area contributed by atoms with Crippen LogP contribution in [0.25, 0.3) is 0 Å². The van der Waals surface area contributed by atoms with Crippen LogP contribution in [0.4, 0.5) is 5.69 Å². The summed E-state index contributed by atoms with van der Waals surface area (Å²) in [6, 6.07) is 16.9. The van der Waals surface area contributed by atoms with E-state index >= 15 is 0 Å². The van der Waals surface area contributed by atoms with Crippen LogP contribution in [0.1, 0.15) is 43.5 Å². The Hall–Kier alpha value is -3.06. The minimum absolute atomic E-state index is 0.0304. The van der Waals surface area contributed by atoms with E-state index in [1.165, 1.54) is 0 Å². The highest BCUT2D eigenvalue weighted by molar-refractivity contribution is 6.33. The Balaban J connectivity index is 1.51. The third kappa shape index (κ3) is 5.15. The molecule has 2 saturated heterocycles. The lowest BCUT2D eigenvalue weighted by Gasteiger charge is -2.43. The van der Waals surface area contributed by atoms with Crippen molar-refractivity contribution in [2.24, 2.45) is 5.92 Å². The van der Waals surface area contributed by atoms with Crippen molar-refractivity contribution < 1.29 is 14.4 Å². The number of piperidine rings is 1. The minimum atomic E-state index is -0.782. The van der Waals surface area contributed by atoms with Gasteiger partial charge in [-0.25, -0.2) is 0 Å². The Labute approximate surface area is 212 Å². The Bertz CT molecular complexity index is 1070. The average Bonchev–Trinajstić information content (AvgIpc) is 3.14. The van der Waals surface area contributed by atoms with Crippen molar-refractivity contribution in [2.75, 3.05) is 37.7 Å². The molecule has 0 aromatic heterocycles. The van der Waals surface area contributed by atoms with Crippen molar-refractivity contribution in [2.45, 2.75) is 38.6 Å². The average molecular weight is 497 g/mol. The first kappa shape index (κ1) is 25.0. The van der Waals surface area contributed by atoms with Crippen molar-refractivity contribution in [3.05, 3.63) is 65.2 Å². The van der Waals surface area contributed by atoms with E-state index in [9.17, 15) is 14.4 Å². The lowest BCUT2D eigenvalue weighted by Crippen LogP contribution is -2.57. The zero-order valence-corrected chi connectivity index (χ0v) is 21.1. The standard InChI is InChI=1S/C27H33ClN4O3/c1-3-20(2)17-29-24(33)18-31-19-32(21-9-5-4-6-10-21)27(26(31)35)13-15-30(16-14-27)25(34)22-11-7-8-12-23(22)28/h4-12,20H,3,13-19H2,1-2H3,(H,29,33). The SMILES string of the molecule is CCC(C)CNC(=O)CN1CN(c2ccccc2)C2(CCN(C(=O)c3ccccc3Cl)CC2)C1=O. The van der Waals surface area contributed by atoms with Gasteiger partial charge in [-0.15, -0.1) is 0 Å². The maximum absolute atomic E-state index is 13.8. The molecule has 2 heterocycles. The number of nitrogens with zero attached hydrogens (tertiary/aromatic N) is 3. The van der Waals surface area contributed by atoms with E-state index in [0.717, 1.165) is 12.1 Å². The van der Waals surface area contributed by atoms with Crippen molar-refractivity contribution in [1.29, 1.82) is 0 Å². The fraction of sp³-hybridized carbons (Fsp3) is 0.444. The molecule has 35 heavy (non-hydrogen) atoms. The normalized spacial score (nSPS) is 18.1. The number of likely N-dealkylation sites (tertiary alicyclic amines) is 1. The monoisotopic (exact) mass is 496 g/mol. The summed E-state index contributed by atoms with van der Waals surface area (Å²) >= 11 is 6.25. The van der Waals surface area contributed by atoms with E-state index in [-0.39, 0.29) is 24.3 Å². The summed E-state index contributed by atoms with van der Waals surface area (Å²) in [5.74, 6) is 0.0729. The van der Waals surface area contributed by atoms with E-state index in [4.69, 9.17) is 11.6 Å². The van der Waals surface area contributed by atoms with E-state index in [1.54, 1.807) is 34.1 Å². The molecule has 2 aromatic rings. The Morgan fingerprint density at radius 3 is 2.37 bits per heavy atom. The highest BCUT2D eigenvalue weighted by Crippen LogP contribution is 2.39. The number of hydrogen-bond acceptors (Lipinski definition) is 4. The molecule has 4 rings (SSSR count). The predicted molar refractivity (Wildman–Crippen MR) is 137 cm³/mol. The van der Waals surface area contributed by atoms with E-state index in [0.29, 0.717) is 55.6 Å². The van der Waals surface area contributed by atoms with Gasteiger partial charge in [0.25, 0.3) is 11.8 Å². The predicted octanol–water partition coefficient (Wildman–Crippen LogP) is 3.78. The number of hydrogen-bond donors (Lipinski definition) is 1. The van der Waals surface area contributed by atoms with Gasteiger partial charge in [0.05, 0.1) is 17.3 Å².